The predicted molar refractivity (Wildman–Crippen MR) is 149 cm³/mol. The van der Waals surface area contributed by atoms with Crippen molar-refractivity contribution in [3.8, 4) is 11.1 Å². The van der Waals surface area contributed by atoms with Gasteiger partial charge in [-0.2, -0.15) is 13.2 Å². The van der Waals surface area contributed by atoms with Crippen LogP contribution in [-0.2, 0) is 15.9 Å². The average molecular weight is 567 g/mol. The third-order valence-electron chi connectivity index (χ3n) is 6.82. The molecule has 2 aromatic carbocycles. The Morgan fingerprint density at radius 2 is 1.40 bits per heavy atom. The maximum Gasteiger partial charge on any atom is 0.517 e. The first-order valence-corrected chi connectivity index (χ1v) is 14.4. The molecule has 2 aromatic rings. The normalized spacial score (nSPS) is 12.4. The topological polar surface area (TPSA) is 52.6 Å². The van der Waals surface area contributed by atoms with E-state index in [1.165, 1.54) is 56.6 Å². The van der Waals surface area contributed by atoms with E-state index < -0.39 is 42.2 Å². The highest BCUT2D eigenvalue weighted by Crippen LogP contribution is 2.28. The Kier molecular flexibility index (Phi) is 14.2. The first-order chi connectivity index (χ1) is 19.0. The lowest BCUT2D eigenvalue weighted by Crippen LogP contribution is -2.34. The van der Waals surface area contributed by atoms with Crippen molar-refractivity contribution >= 4 is 12.1 Å². The summed E-state index contributed by atoms with van der Waals surface area (Å²) in [5.74, 6) is -2.19. The van der Waals surface area contributed by atoms with Crippen LogP contribution >= 0.6 is 0 Å². The number of carbonyl (C=O) groups is 2. The SMILES string of the molecule is CCCCCCCCCCc1ccc(-c2ccc(C(=O)OC(=O)O[C@H](CCCC(C)C)C(F)(F)F)c(F)c2)cc1. The Bertz CT molecular complexity index is 1050. The van der Waals surface area contributed by atoms with Gasteiger partial charge in [-0.15, -0.1) is 0 Å². The first-order valence-electron chi connectivity index (χ1n) is 14.4. The maximum atomic E-state index is 14.7. The second-order valence-electron chi connectivity index (χ2n) is 10.7. The second-order valence-corrected chi connectivity index (χ2v) is 10.7. The molecule has 0 saturated heterocycles. The van der Waals surface area contributed by atoms with Crippen LogP contribution in [0.1, 0.15) is 107 Å². The molecular formula is C32H42F4O4. The molecule has 0 radical (unpaired) electrons. The molecule has 0 aliphatic heterocycles. The number of hydrogen-bond acceptors (Lipinski definition) is 4. The third kappa shape index (κ3) is 12.1. The maximum absolute atomic E-state index is 14.7. The minimum Gasteiger partial charge on any atom is -0.421 e. The van der Waals surface area contributed by atoms with Gasteiger partial charge in [0, 0.05) is 0 Å². The fraction of sp³-hybridized carbons (Fsp3) is 0.562. The average Bonchev–Trinajstić information content (AvgIpc) is 2.89. The van der Waals surface area contributed by atoms with E-state index >= 15 is 0 Å². The van der Waals surface area contributed by atoms with E-state index in [9.17, 15) is 27.2 Å². The van der Waals surface area contributed by atoms with E-state index in [1.54, 1.807) is 0 Å². The lowest BCUT2D eigenvalue weighted by molar-refractivity contribution is -0.209. The molecule has 0 spiro atoms. The highest BCUT2D eigenvalue weighted by atomic mass is 19.4. The molecule has 0 saturated carbocycles. The molecule has 0 aliphatic rings. The minimum atomic E-state index is -4.81. The van der Waals surface area contributed by atoms with Gasteiger partial charge in [0.1, 0.15) is 5.82 Å². The molecule has 2 rings (SSSR count). The zero-order valence-electron chi connectivity index (χ0n) is 23.8. The monoisotopic (exact) mass is 566 g/mol. The molecule has 0 bridgehead atoms. The number of aryl methyl sites for hydroxylation is 1. The number of benzene rings is 2. The zero-order chi connectivity index (χ0) is 29.5. The fourth-order valence-electron chi connectivity index (χ4n) is 4.46. The summed E-state index contributed by atoms with van der Waals surface area (Å²) in [5, 5.41) is 0. The fourth-order valence-corrected chi connectivity index (χ4v) is 4.46. The Hall–Kier alpha value is -2.90. The molecule has 8 heteroatoms. The summed E-state index contributed by atoms with van der Waals surface area (Å²) in [7, 11) is 0. The van der Waals surface area contributed by atoms with Crippen LogP contribution in [0, 0.1) is 11.7 Å². The zero-order valence-corrected chi connectivity index (χ0v) is 23.8. The molecule has 0 aliphatic carbocycles. The number of esters is 1. The van der Waals surface area contributed by atoms with Gasteiger partial charge >= 0.3 is 18.3 Å². The molecule has 1 atom stereocenters. The van der Waals surface area contributed by atoms with Gasteiger partial charge in [0.2, 0.25) is 6.10 Å². The highest BCUT2D eigenvalue weighted by molar-refractivity contribution is 5.96. The second kappa shape index (κ2) is 17.0. The number of unbranched alkanes of at least 4 members (excludes halogenated alkanes) is 7. The van der Waals surface area contributed by atoms with Crippen molar-refractivity contribution < 1.29 is 36.6 Å². The van der Waals surface area contributed by atoms with Gasteiger partial charge in [-0.1, -0.05) is 102 Å². The minimum absolute atomic E-state index is 0.180. The van der Waals surface area contributed by atoms with Crippen molar-refractivity contribution in [3.63, 3.8) is 0 Å². The van der Waals surface area contributed by atoms with Gasteiger partial charge in [-0.25, -0.2) is 14.0 Å². The largest absolute Gasteiger partial charge is 0.517 e. The van der Waals surface area contributed by atoms with Gasteiger partial charge in [-0.3, -0.25) is 0 Å². The predicted octanol–water partition coefficient (Wildman–Crippen LogP) is 10.2. The first kappa shape index (κ1) is 33.3. The number of ether oxygens (including phenoxy) is 2. The molecule has 0 aromatic heterocycles. The summed E-state index contributed by atoms with van der Waals surface area (Å²) in [5.41, 5.74) is 1.87. The van der Waals surface area contributed by atoms with E-state index in [0.29, 0.717) is 12.0 Å². The lowest BCUT2D eigenvalue weighted by atomic mass is 9.99. The van der Waals surface area contributed by atoms with E-state index in [1.807, 2.05) is 38.1 Å². The Morgan fingerprint density at radius 1 is 0.800 bits per heavy atom. The van der Waals surface area contributed by atoms with Crippen LogP contribution in [0.4, 0.5) is 22.4 Å². The van der Waals surface area contributed by atoms with Crippen molar-refractivity contribution in [2.45, 2.75) is 110 Å². The highest BCUT2D eigenvalue weighted by Gasteiger charge is 2.43. The molecule has 0 amide bonds. The van der Waals surface area contributed by atoms with Gasteiger partial charge in [0.05, 0.1) is 5.56 Å². The lowest BCUT2D eigenvalue weighted by Gasteiger charge is -2.20. The van der Waals surface area contributed by atoms with Crippen molar-refractivity contribution in [2.75, 3.05) is 0 Å². The van der Waals surface area contributed by atoms with Crippen molar-refractivity contribution in [2.24, 2.45) is 5.92 Å². The van der Waals surface area contributed by atoms with Gasteiger partial charge in [0.15, 0.2) is 0 Å². The number of carbonyl (C=O) groups excluding carboxylic acids is 2. The summed E-state index contributed by atoms with van der Waals surface area (Å²) in [6.45, 7) is 5.94. The van der Waals surface area contributed by atoms with Crippen LogP contribution in [0.15, 0.2) is 42.5 Å². The van der Waals surface area contributed by atoms with Crippen LogP contribution < -0.4 is 0 Å². The molecular weight excluding hydrogens is 524 g/mol. The number of halogens is 4. The van der Waals surface area contributed by atoms with Crippen LogP contribution in [0.3, 0.4) is 0 Å². The van der Waals surface area contributed by atoms with Crippen molar-refractivity contribution in [3.05, 3.63) is 59.4 Å². The summed E-state index contributed by atoms with van der Waals surface area (Å²) in [6.07, 6.45) is 2.20. The van der Waals surface area contributed by atoms with Crippen LogP contribution in [0.2, 0.25) is 0 Å². The van der Waals surface area contributed by atoms with Crippen molar-refractivity contribution in [1.29, 1.82) is 0 Å². The Labute approximate surface area is 235 Å². The van der Waals surface area contributed by atoms with E-state index in [0.717, 1.165) is 30.5 Å². The van der Waals surface area contributed by atoms with E-state index in [2.05, 4.69) is 16.4 Å². The summed E-state index contributed by atoms with van der Waals surface area (Å²) >= 11 is 0. The molecule has 0 fully saturated rings. The molecule has 0 heterocycles. The third-order valence-corrected chi connectivity index (χ3v) is 6.82. The Balaban J connectivity index is 1.89. The summed E-state index contributed by atoms with van der Waals surface area (Å²) in [6, 6.07) is 11.5. The van der Waals surface area contributed by atoms with Crippen LogP contribution in [0.25, 0.3) is 11.1 Å². The standard InChI is InChI=1S/C32H42F4O4/c1-4-5-6-7-8-9-10-11-14-24-16-18-25(19-17-24)26-20-21-27(28(33)22-26)30(37)40-31(38)39-29(32(34,35)36)15-12-13-23(2)3/h16-23,29H,4-15H2,1-3H3/t29-/m1/s1. The van der Waals surface area contributed by atoms with Crippen molar-refractivity contribution in [1.82, 2.24) is 0 Å². The van der Waals surface area contributed by atoms with Crippen LogP contribution in [-0.4, -0.2) is 24.4 Å². The summed E-state index contributed by atoms with van der Waals surface area (Å²) < 4.78 is 63.1. The molecule has 40 heavy (non-hydrogen) atoms. The number of hydrogen-bond donors (Lipinski definition) is 0. The van der Waals surface area contributed by atoms with Gasteiger partial charge in [-0.05, 0) is 60.4 Å². The van der Waals surface area contributed by atoms with Gasteiger partial charge in [0.25, 0.3) is 0 Å². The molecule has 4 nitrogen and oxygen atoms in total. The molecule has 0 N–H and O–H groups in total. The quantitative estimate of drug-likeness (QED) is 0.0878. The number of alkyl halides is 3. The molecule has 0 unspecified atom stereocenters. The van der Waals surface area contributed by atoms with E-state index in [4.69, 9.17) is 0 Å². The van der Waals surface area contributed by atoms with E-state index in [-0.39, 0.29) is 12.3 Å². The Morgan fingerprint density at radius 3 is 1.98 bits per heavy atom. The smallest absolute Gasteiger partial charge is 0.421 e. The van der Waals surface area contributed by atoms with Crippen LogP contribution in [0.5, 0.6) is 0 Å². The summed E-state index contributed by atoms with van der Waals surface area (Å²) in [4.78, 5) is 24.2. The van der Waals surface area contributed by atoms with Gasteiger partial charge < -0.3 is 9.47 Å². The number of rotatable bonds is 16. The molecule has 222 valence electrons.